The summed E-state index contributed by atoms with van der Waals surface area (Å²) in [7, 11) is 0. The summed E-state index contributed by atoms with van der Waals surface area (Å²) >= 11 is 3.52. The summed E-state index contributed by atoms with van der Waals surface area (Å²) in [4.78, 5) is 0. The van der Waals surface area contributed by atoms with E-state index in [0.717, 1.165) is 36.6 Å². The minimum absolute atomic E-state index is 0.603. The van der Waals surface area contributed by atoms with E-state index in [1.54, 1.807) is 0 Å². The van der Waals surface area contributed by atoms with Gasteiger partial charge in [0.15, 0.2) is 0 Å². The number of halogens is 1. The molecule has 0 aliphatic heterocycles. The van der Waals surface area contributed by atoms with E-state index in [4.69, 9.17) is 0 Å². The Bertz CT molecular complexity index is 633. The second-order valence-corrected chi connectivity index (χ2v) is 7.08. The van der Waals surface area contributed by atoms with E-state index < -0.39 is 5.60 Å². The third kappa shape index (κ3) is 3.38. The smallest absolute Gasteiger partial charge is 0.0731 e. The maximum absolute atomic E-state index is 11.0. The van der Waals surface area contributed by atoms with Crippen molar-refractivity contribution in [3.05, 3.63) is 69.2 Å². The van der Waals surface area contributed by atoms with Gasteiger partial charge < -0.3 is 5.11 Å². The molecule has 21 heavy (non-hydrogen) atoms. The van der Waals surface area contributed by atoms with Crippen molar-refractivity contribution in [2.75, 3.05) is 0 Å². The van der Waals surface area contributed by atoms with Gasteiger partial charge in [-0.2, -0.15) is 0 Å². The highest BCUT2D eigenvalue weighted by Crippen LogP contribution is 2.32. The fraction of sp³-hybridized carbons (Fsp3) is 0.368. The average molecular weight is 345 g/mol. The molecule has 1 unspecified atom stereocenters. The molecule has 0 amide bonds. The molecule has 1 aliphatic carbocycles. The second-order valence-electron chi connectivity index (χ2n) is 6.16. The topological polar surface area (TPSA) is 20.2 Å². The number of fused-ring (bicyclic) bond motifs is 1. The first kappa shape index (κ1) is 14.8. The maximum Gasteiger partial charge on any atom is 0.0731 e. The Hall–Kier alpha value is -1.12. The molecule has 2 heteroatoms. The summed E-state index contributed by atoms with van der Waals surface area (Å²) in [6.45, 7) is 2.17. The molecule has 0 heterocycles. The predicted molar refractivity (Wildman–Crippen MR) is 90.6 cm³/mol. The van der Waals surface area contributed by atoms with Crippen molar-refractivity contribution < 1.29 is 5.11 Å². The zero-order valence-electron chi connectivity index (χ0n) is 12.4. The summed E-state index contributed by atoms with van der Waals surface area (Å²) in [5.74, 6) is 0. The zero-order valence-corrected chi connectivity index (χ0v) is 14.0. The van der Waals surface area contributed by atoms with Crippen LogP contribution in [0.1, 0.15) is 35.6 Å². The van der Waals surface area contributed by atoms with Gasteiger partial charge in [-0.1, -0.05) is 53.2 Å². The van der Waals surface area contributed by atoms with E-state index >= 15 is 0 Å². The standard InChI is InChI=1S/C19H21BrO/c1-2-14-3-5-15(6-4-14)12-19(21)10-9-16-11-18(20)8-7-17(16)13-19/h3-8,11,21H,2,9-10,12-13H2,1H3. The molecule has 3 rings (SSSR count). The summed E-state index contributed by atoms with van der Waals surface area (Å²) in [5.41, 5.74) is 4.64. The third-order valence-corrected chi connectivity index (χ3v) is 5.01. The first-order valence-corrected chi connectivity index (χ1v) is 8.45. The van der Waals surface area contributed by atoms with Crippen LogP contribution in [0.3, 0.4) is 0 Å². The van der Waals surface area contributed by atoms with Crippen molar-refractivity contribution >= 4 is 15.9 Å². The molecule has 1 atom stereocenters. The number of hydrogen-bond donors (Lipinski definition) is 1. The SMILES string of the molecule is CCc1ccc(CC2(O)CCc3cc(Br)ccc3C2)cc1. The van der Waals surface area contributed by atoms with Gasteiger partial charge in [-0.15, -0.1) is 0 Å². The third-order valence-electron chi connectivity index (χ3n) is 4.51. The molecule has 0 bridgehead atoms. The summed E-state index contributed by atoms with van der Waals surface area (Å²) in [5, 5.41) is 11.0. The normalized spacial score (nSPS) is 21.1. The first-order chi connectivity index (χ1) is 10.1. The van der Waals surface area contributed by atoms with Crippen molar-refractivity contribution in [3.8, 4) is 0 Å². The Kier molecular flexibility index (Phi) is 4.19. The van der Waals surface area contributed by atoms with Crippen LogP contribution in [0.5, 0.6) is 0 Å². The second kappa shape index (κ2) is 5.94. The van der Waals surface area contributed by atoms with Gasteiger partial charge in [0.1, 0.15) is 0 Å². The molecule has 2 aromatic rings. The molecule has 110 valence electrons. The van der Waals surface area contributed by atoms with Gasteiger partial charge in [0.25, 0.3) is 0 Å². The summed E-state index contributed by atoms with van der Waals surface area (Å²) < 4.78 is 1.13. The highest BCUT2D eigenvalue weighted by atomic mass is 79.9. The quantitative estimate of drug-likeness (QED) is 0.870. The van der Waals surface area contributed by atoms with Crippen LogP contribution in [0.2, 0.25) is 0 Å². The molecule has 0 spiro atoms. The van der Waals surface area contributed by atoms with E-state index in [1.165, 1.54) is 22.3 Å². The molecule has 1 nitrogen and oxygen atoms in total. The molecule has 0 aromatic heterocycles. The van der Waals surface area contributed by atoms with Crippen LogP contribution in [0.25, 0.3) is 0 Å². The fourth-order valence-electron chi connectivity index (χ4n) is 3.23. The van der Waals surface area contributed by atoms with Gasteiger partial charge in [-0.25, -0.2) is 0 Å². The van der Waals surface area contributed by atoms with Crippen molar-refractivity contribution in [2.24, 2.45) is 0 Å². The average Bonchev–Trinajstić information content (AvgIpc) is 2.48. The monoisotopic (exact) mass is 344 g/mol. The van der Waals surface area contributed by atoms with E-state index in [0.29, 0.717) is 0 Å². The first-order valence-electron chi connectivity index (χ1n) is 7.65. The van der Waals surface area contributed by atoms with Crippen LogP contribution in [0.4, 0.5) is 0 Å². The van der Waals surface area contributed by atoms with Crippen LogP contribution in [-0.2, 0) is 25.7 Å². The Morgan fingerprint density at radius 3 is 2.48 bits per heavy atom. The number of aryl methyl sites for hydroxylation is 2. The zero-order chi connectivity index (χ0) is 14.9. The van der Waals surface area contributed by atoms with Gasteiger partial charge in [-0.05, 0) is 53.6 Å². The van der Waals surface area contributed by atoms with Crippen molar-refractivity contribution in [1.29, 1.82) is 0 Å². The molecule has 1 N–H and O–H groups in total. The largest absolute Gasteiger partial charge is 0.389 e. The van der Waals surface area contributed by atoms with Gasteiger partial charge >= 0.3 is 0 Å². The maximum atomic E-state index is 11.0. The lowest BCUT2D eigenvalue weighted by Gasteiger charge is -2.34. The fourth-order valence-corrected chi connectivity index (χ4v) is 3.64. The molecule has 0 saturated carbocycles. The molecule has 0 fully saturated rings. The Balaban J connectivity index is 1.77. The van der Waals surface area contributed by atoms with E-state index in [1.807, 2.05) is 0 Å². The van der Waals surface area contributed by atoms with E-state index in [2.05, 4.69) is 65.3 Å². The summed E-state index contributed by atoms with van der Waals surface area (Å²) in [6.07, 6.45) is 4.36. The lowest BCUT2D eigenvalue weighted by atomic mass is 9.77. The molecule has 2 aromatic carbocycles. The van der Waals surface area contributed by atoms with Gasteiger partial charge in [0.05, 0.1) is 5.60 Å². The Morgan fingerprint density at radius 1 is 1.05 bits per heavy atom. The van der Waals surface area contributed by atoms with Crippen LogP contribution >= 0.6 is 15.9 Å². The van der Waals surface area contributed by atoms with Gasteiger partial charge in [0.2, 0.25) is 0 Å². The van der Waals surface area contributed by atoms with Crippen molar-refractivity contribution in [3.63, 3.8) is 0 Å². The van der Waals surface area contributed by atoms with Gasteiger partial charge in [-0.3, -0.25) is 0 Å². The van der Waals surface area contributed by atoms with E-state index in [9.17, 15) is 5.11 Å². The lowest BCUT2D eigenvalue weighted by Crippen LogP contribution is -2.38. The van der Waals surface area contributed by atoms with Crippen molar-refractivity contribution in [2.45, 2.75) is 44.6 Å². The van der Waals surface area contributed by atoms with Gasteiger partial charge in [0, 0.05) is 17.3 Å². The highest BCUT2D eigenvalue weighted by Gasteiger charge is 2.32. The predicted octanol–water partition coefficient (Wildman–Crippen LogP) is 4.47. The van der Waals surface area contributed by atoms with E-state index in [-0.39, 0.29) is 0 Å². The Labute approximate surface area is 135 Å². The van der Waals surface area contributed by atoms with Crippen molar-refractivity contribution in [1.82, 2.24) is 0 Å². The number of benzene rings is 2. The van der Waals surface area contributed by atoms with Crippen LogP contribution in [-0.4, -0.2) is 10.7 Å². The van der Waals surface area contributed by atoms with Crippen LogP contribution < -0.4 is 0 Å². The number of aliphatic hydroxyl groups is 1. The lowest BCUT2D eigenvalue weighted by molar-refractivity contribution is 0.0267. The minimum Gasteiger partial charge on any atom is -0.389 e. The van der Waals surface area contributed by atoms with Crippen LogP contribution in [0.15, 0.2) is 46.9 Å². The minimum atomic E-state index is -0.603. The summed E-state index contributed by atoms with van der Waals surface area (Å²) in [6, 6.07) is 15.1. The molecule has 1 aliphatic rings. The molecular weight excluding hydrogens is 324 g/mol. The van der Waals surface area contributed by atoms with Crippen LogP contribution in [0, 0.1) is 0 Å². The number of hydrogen-bond acceptors (Lipinski definition) is 1. The number of rotatable bonds is 3. The highest BCUT2D eigenvalue weighted by molar-refractivity contribution is 9.10. The molecule has 0 saturated heterocycles. The molecule has 0 radical (unpaired) electrons. The molecular formula is C19H21BrO. The Morgan fingerprint density at radius 2 is 1.76 bits per heavy atom.